The fraction of sp³-hybridized carbons (Fsp3) is 0.350. The van der Waals surface area contributed by atoms with Crippen LogP contribution in [-0.2, 0) is 11.5 Å². The first-order valence-corrected chi connectivity index (χ1v) is 12.8. The predicted molar refractivity (Wildman–Crippen MR) is 111 cm³/mol. The summed E-state index contributed by atoms with van der Waals surface area (Å²) in [6, 6.07) is 8.47. The first kappa shape index (κ1) is 19.9. The molecule has 2 aromatic heterocycles. The van der Waals surface area contributed by atoms with Gasteiger partial charge in [0.1, 0.15) is 23.5 Å². The summed E-state index contributed by atoms with van der Waals surface area (Å²) in [6.45, 7) is 9.16. The summed E-state index contributed by atoms with van der Waals surface area (Å²) in [5.41, 5.74) is 2.06. The third-order valence-corrected chi connectivity index (χ3v) is 7.69. The minimum absolute atomic E-state index is 0.141. The van der Waals surface area contributed by atoms with Gasteiger partial charge in [-0.15, -0.1) is 0 Å². The van der Waals surface area contributed by atoms with Gasteiger partial charge < -0.3 is 14.0 Å². The highest BCUT2D eigenvalue weighted by atomic mass is 35.5. The Balaban J connectivity index is 2.16. The first-order chi connectivity index (χ1) is 12.7. The molecule has 1 unspecified atom stereocenters. The van der Waals surface area contributed by atoms with E-state index in [9.17, 15) is 4.39 Å². The Labute approximate surface area is 164 Å². The molecule has 0 aliphatic carbocycles. The lowest BCUT2D eigenvalue weighted by Crippen LogP contribution is -2.38. The lowest BCUT2D eigenvalue weighted by atomic mass is 10.1. The first-order valence-electron chi connectivity index (χ1n) is 8.81. The van der Waals surface area contributed by atoms with Crippen molar-refractivity contribution in [2.24, 2.45) is 0 Å². The SMILES string of the molecule is COc1cccc(F)c1-c1cc2cnc(Cl)cc2n1COC(C)[Si](C)(C)C. The van der Waals surface area contributed by atoms with Crippen molar-refractivity contribution in [2.75, 3.05) is 7.11 Å². The summed E-state index contributed by atoms with van der Waals surface area (Å²) in [5, 5.41) is 1.25. The lowest BCUT2D eigenvalue weighted by molar-refractivity contribution is 0.0601. The van der Waals surface area contributed by atoms with Gasteiger partial charge in [-0.1, -0.05) is 37.3 Å². The second-order valence-corrected chi connectivity index (χ2v) is 13.6. The van der Waals surface area contributed by atoms with Gasteiger partial charge in [0, 0.05) is 17.3 Å². The maximum absolute atomic E-state index is 14.7. The summed E-state index contributed by atoms with van der Waals surface area (Å²) in [6.07, 6.45) is 1.69. The van der Waals surface area contributed by atoms with E-state index in [1.807, 2.05) is 10.6 Å². The van der Waals surface area contributed by atoms with Gasteiger partial charge in [0.25, 0.3) is 0 Å². The molecule has 0 aliphatic heterocycles. The van der Waals surface area contributed by atoms with E-state index in [-0.39, 0.29) is 11.5 Å². The van der Waals surface area contributed by atoms with Crippen LogP contribution in [0.25, 0.3) is 22.2 Å². The zero-order valence-electron chi connectivity index (χ0n) is 16.2. The van der Waals surface area contributed by atoms with Gasteiger partial charge in [-0.25, -0.2) is 9.37 Å². The number of rotatable bonds is 6. The molecule has 0 fully saturated rings. The van der Waals surface area contributed by atoms with Crippen molar-refractivity contribution in [3.05, 3.63) is 47.5 Å². The van der Waals surface area contributed by atoms with Gasteiger partial charge in [-0.3, -0.25) is 0 Å². The third kappa shape index (κ3) is 4.02. The Kier molecular flexibility index (Phi) is 5.60. The molecule has 0 spiro atoms. The molecule has 3 aromatic rings. The molecular weight excluding hydrogens is 383 g/mol. The standard InChI is InChI=1S/C20H24ClFN2O2Si/c1-13(27(3,4)5)26-12-24-16-10-19(21)23-11-14(16)9-17(24)20-15(22)7-6-8-18(20)25-2/h6-11,13H,12H2,1-5H3. The van der Waals surface area contributed by atoms with Crippen molar-refractivity contribution in [1.82, 2.24) is 9.55 Å². The molecule has 1 aromatic carbocycles. The quantitative estimate of drug-likeness (QED) is 0.386. The molecule has 1 atom stereocenters. The van der Waals surface area contributed by atoms with Crippen molar-refractivity contribution in [1.29, 1.82) is 0 Å². The van der Waals surface area contributed by atoms with E-state index in [0.29, 0.717) is 28.9 Å². The van der Waals surface area contributed by atoms with E-state index in [0.717, 1.165) is 10.9 Å². The lowest BCUT2D eigenvalue weighted by Gasteiger charge is -2.26. The molecule has 0 amide bonds. The highest BCUT2D eigenvalue weighted by molar-refractivity contribution is 6.77. The van der Waals surface area contributed by atoms with Crippen molar-refractivity contribution < 1.29 is 13.9 Å². The fourth-order valence-corrected chi connectivity index (χ4v) is 3.56. The van der Waals surface area contributed by atoms with Gasteiger partial charge in [0.05, 0.1) is 32.0 Å². The monoisotopic (exact) mass is 406 g/mol. The van der Waals surface area contributed by atoms with Gasteiger partial charge in [0.2, 0.25) is 0 Å². The molecule has 4 nitrogen and oxygen atoms in total. The molecule has 144 valence electrons. The molecule has 0 aliphatic rings. The largest absolute Gasteiger partial charge is 0.496 e. The average molecular weight is 407 g/mol. The third-order valence-electron chi connectivity index (χ3n) is 4.88. The molecule has 0 saturated carbocycles. The van der Waals surface area contributed by atoms with Crippen molar-refractivity contribution in [2.45, 2.75) is 39.0 Å². The van der Waals surface area contributed by atoms with Gasteiger partial charge in [-0.2, -0.15) is 0 Å². The maximum atomic E-state index is 14.7. The Hall–Kier alpha value is -1.89. The highest BCUT2D eigenvalue weighted by Gasteiger charge is 2.25. The molecule has 2 heterocycles. The zero-order valence-corrected chi connectivity index (χ0v) is 18.0. The number of methoxy groups -OCH3 is 1. The van der Waals surface area contributed by atoms with Crippen molar-refractivity contribution in [3.63, 3.8) is 0 Å². The van der Waals surface area contributed by atoms with Gasteiger partial charge in [-0.05, 0) is 31.2 Å². The van der Waals surface area contributed by atoms with Gasteiger partial charge in [0.15, 0.2) is 0 Å². The summed E-state index contributed by atoms with van der Waals surface area (Å²) in [4.78, 5) is 4.15. The average Bonchev–Trinajstić information content (AvgIpc) is 2.95. The van der Waals surface area contributed by atoms with Crippen LogP contribution in [0.5, 0.6) is 5.75 Å². The molecule has 0 N–H and O–H groups in total. The predicted octanol–water partition coefficient (Wildman–Crippen LogP) is 5.74. The summed E-state index contributed by atoms with van der Waals surface area (Å²) >= 11 is 6.11. The number of fused-ring (bicyclic) bond motifs is 1. The molecule has 27 heavy (non-hydrogen) atoms. The number of halogens is 2. The van der Waals surface area contributed by atoms with Crippen LogP contribution in [0, 0.1) is 5.82 Å². The van der Waals surface area contributed by atoms with Crippen molar-refractivity contribution >= 4 is 30.6 Å². The Morgan fingerprint density at radius 1 is 1.26 bits per heavy atom. The minimum atomic E-state index is -1.47. The van der Waals surface area contributed by atoms with Crippen LogP contribution in [0.3, 0.4) is 0 Å². The molecule has 3 rings (SSSR count). The summed E-state index contributed by atoms with van der Waals surface area (Å²) in [7, 11) is 0.0646. The second kappa shape index (κ2) is 7.62. The normalized spacial score (nSPS) is 13.1. The minimum Gasteiger partial charge on any atom is -0.496 e. The topological polar surface area (TPSA) is 36.3 Å². The highest BCUT2D eigenvalue weighted by Crippen LogP contribution is 2.36. The second-order valence-electron chi connectivity index (χ2n) is 7.64. The van der Waals surface area contributed by atoms with E-state index in [4.69, 9.17) is 21.1 Å². The summed E-state index contributed by atoms with van der Waals surface area (Å²) < 4.78 is 28.2. The number of hydrogen-bond acceptors (Lipinski definition) is 3. The van der Waals surface area contributed by atoms with E-state index in [2.05, 4.69) is 31.5 Å². The van der Waals surface area contributed by atoms with Crippen LogP contribution < -0.4 is 4.74 Å². The zero-order chi connectivity index (χ0) is 19.8. The number of benzene rings is 1. The fourth-order valence-electron chi connectivity index (χ4n) is 2.84. The van der Waals surface area contributed by atoms with Crippen LogP contribution in [0.15, 0.2) is 36.5 Å². The van der Waals surface area contributed by atoms with E-state index in [1.165, 1.54) is 13.2 Å². The molecular formula is C20H24ClFN2O2Si. The van der Waals surface area contributed by atoms with Gasteiger partial charge >= 0.3 is 0 Å². The number of aromatic nitrogens is 2. The Morgan fingerprint density at radius 2 is 2.00 bits per heavy atom. The molecule has 7 heteroatoms. The number of hydrogen-bond donors (Lipinski definition) is 0. The Morgan fingerprint density at radius 3 is 2.67 bits per heavy atom. The smallest absolute Gasteiger partial charge is 0.136 e. The number of nitrogens with zero attached hydrogens (tertiary/aromatic N) is 2. The van der Waals surface area contributed by atoms with Crippen LogP contribution >= 0.6 is 11.6 Å². The van der Waals surface area contributed by atoms with Crippen LogP contribution in [0.4, 0.5) is 4.39 Å². The van der Waals surface area contributed by atoms with Crippen molar-refractivity contribution in [3.8, 4) is 17.0 Å². The van der Waals surface area contributed by atoms with Crippen LogP contribution in [0.2, 0.25) is 24.8 Å². The number of pyridine rings is 1. The summed E-state index contributed by atoms with van der Waals surface area (Å²) in [5.74, 6) is 0.118. The van der Waals surface area contributed by atoms with E-state index >= 15 is 0 Å². The van der Waals surface area contributed by atoms with Crippen LogP contribution in [-0.4, -0.2) is 30.5 Å². The molecule has 0 bridgehead atoms. The molecule has 0 saturated heterocycles. The van der Waals surface area contributed by atoms with E-state index in [1.54, 1.807) is 24.4 Å². The maximum Gasteiger partial charge on any atom is 0.136 e. The van der Waals surface area contributed by atoms with Crippen LogP contribution in [0.1, 0.15) is 6.92 Å². The molecule has 0 radical (unpaired) electrons. The number of ether oxygens (including phenoxy) is 2. The van der Waals surface area contributed by atoms with E-state index < -0.39 is 8.07 Å². The Bertz CT molecular complexity index is 969.